The molecule has 65 heavy (non-hydrogen) atoms. The third-order valence-electron chi connectivity index (χ3n) is 11.5. The van der Waals surface area contributed by atoms with Crippen molar-refractivity contribution in [1.29, 1.82) is 0 Å². The topological polar surface area (TPSA) is 153 Å². The first kappa shape index (κ1) is 49.7. The van der Waals surface area contributed by atoms with Gasteiger partial charge in [0.15, 0.2) is 0 Å². The molecule has 0 saturated carbocycles. The van der Waals surface area contributed by atoms with Gasteiger partial charge in [-0.2, -0.15) is 0 Å². The summed E-state index contributed by atoms with van der Waals surface area (Å²) >= 11 is 0. The predicted molar refractivity (Wildman–Crippen MR) is 241 cm³/mol. The van der Waals surface area contributed by atoms with Gasteiger partial charge in [0.1, 0.15) is 12.1 Å². The summed E-state index contributed by atoms with van der Waals surface area (Å²) in [6.45, 7) is 1.43. The maximum Gasteiger partial charge on any atom is 1.00 e. The molecule has 0 unspecified atom stereocenters. The van der Waals surface area contributed by atoms with Crippen LogP contribution < -0.4 is 18.9 Å². The Morgan fingerprint density at radius 2 is 0.800 bits per heavy atom. The monoisotopic (exact) mass is 868 g/mol. The summed E-state index contributed by atoms with van der Waals surface area (Å²) in [4.78, 5) is 55.2. The van der Waals surface area contributed by atoms with Crippen molar-refractivity contribution >= 4 is 23.8 Å². The van der Waals surface area contributed by atoms with E-state index < -0.39 is 35.9 Å². The van der Waals surface area contributed by atoms with E-state index in [1.54, 1.807) is 4.90 Å². The van der Waals surface area contributed by atoms with Gasteiger partial charge in [0.05, 0.1) is 44.4 Å². The molecule has 11 nitrogen and oxygen atoms in total. The van der Waals surface area contributed by atoms with E-state index in [1.165, 1.54) is 12.0 Å². The van der Waals surface area contributed by atoms with E-state index >= 15 is 0 Å². The van der Waals surface area contributed by atoms with Crippen molar-refractivity contribution in [2.24, 2.45) is 0 Å². The number of amides is 2. The predicted octanol–water partition coefficient (Wildman–Crippen LogP) is 5.09. The van der Waals surface area contributed by atoms with Gasteiger partial charge >= 0.3 is 30.8 Å². The van der Waals surface area contributed by atoms with Gasteiger partial charge in [0.25, 0.3) is 0 Å². The summed E-state index contributed by atoms with van der Waals surface area (Å²) in [7, 11) is 1.36. The van der Waals surface area contributed by atoms with Crippen molar-refractivity contribution < 1.29 is 62.8 Å². The molecule has 0 radical (unpaired) electrons. The average Bonchev–Trinajstić information content (AvgIpc) is 3.98. The number of carbonyl (C=O) groups excluding carboxylic acids is 3. The molecule has 2 amide bonds. The molecule has 4 atom stereocenters. The van der Waals surface area contributed by atoms with E-state index in [1.807, 2.05) is 182 Å². The number of methoxy groups -OCH3 is 1. The van der Waals surface area contributed by atoms with Crippen LogP contribution in [0.4, 0.5) is 0 Å². The smallest absolute Gasteiger partial charge is 0.870 e. The van der Waals surface area contributed by atoms with Gasteiger partial charge in [-0.3, -0.25) is 9.59 Å². The zero-order valence-electron chi connectivity index (χ0n) is 36.7. The SMILES string of the molecule is COC(=O)[C@@H]1C[C@@H](OCc2ccccc2)CN1C(=O)C(c1ccccc1)c1ccccc1.O=C(O)[C@@H]1C[C@@H](OCc2ccccc2)CN1C(=O)C(c1ccccc1)c1ccccc1.[Li+].[OH-]. The van der Waals surface area contributed by atoms with Crippen LogP contribution in [0.1, 0.15) is 58.1 Å². The zero-order valence-corrected chi connectivity index (χ0v) is 36.7. The molecule has 0 bridgehead atoms. The second-order valence-corrected chi connectivity index (χ2v) is 15.7. The molecule has 6 aromatic carbocycles. The van der Waals surface area contributed by atoms with Gasteiger partial charge in [-0.1, -0.05) is 182 Å². The summed E-state index contributed by atoms with van der Waals surface area (Å²) in [6, 6.07) is 56.4. The molecule has 0 aliphatic carbocycles. The van der Waals surface area contributed by atoms with Gasteiger partial charge < -0.3 is 34.6 Å². The molecule has 12 heteroatoms. The van der Waals surface area contributed by atoms with Gasteiger partial charge in [0.2, 0.25) is 11.8 Å². The Balaban J connectivity index is 0.000000237. The fourth-order valence-corrected chi connectivity index (χ4v) is 8.36. The molecular weight excluding hydrogens is 816 g/mol. The number of rotatable bonds is 14. The Hall–Kier alpha value is -6.32. The molecule has 330 valence electrons. The van der Waals surface area contributed by atoms with E-state index in [0.717, 1.165) is 33.4 Å². The fourth-order valence-electron chi connectivity index (χ4n) is 8.36. The summed E-state index contributed by atoms with van der Waals surface area (Å²) in [5.41, 5.74) is 5.54. The summed E-state index contributed by atoms with van der Waals surface area (Å²) < 4.78 is 17.1. The molecule has 2 aliphatic rings. The average molecular weight is 869 g/mol. The van der Waals surface area contributed by atoms with Crippen LogP contribution in [0.15, 0.2) is 182 Å². The van der Waals surface area contributed by atoms with E-state index in [2.05, 4.69) is 0 Å². The Labute approximate surface area is 392 Å². The van der Waals surface area contributed by atoms with Crippen LogP contribution in [0, 0.1) is 0 Å². The number of ether oxygens (including phenoxy) is 3. The fraction of sp³-hybridized carbons (Fsp3) is 0.245. The van der Waals surface area contributed by atoms with Crippen LogP contribution in [0.25, 0.3) is 0 Å². The Morgan fingerprint density at radius 3 is 1.11 bits per heavy atom. The molecule has 2 aliphatic heterocycles. The number of carboxylic acid groups (broad SMARTS) is 1. The van der Waals surface area contributed by atoms with Gasteiger partial charge in [-0.25, -0.2) is 9.59 Å². The first-order valence-corrected chi connectivity index (χ1v) is 21.2. The van der Waals surface area contributed by atoms with Crippen molar-refractivity contribution in [2.45, 2.75) is 62.2 Å². The minimum atomic E-state index is -1.00. The normalized spacial score (nSPS) is 17.6. The number of carboxylic acids is 1. The van der Waals surface area contributed by atoms with Gasteiger partial charge in [-0.05, 0) is 33.4 Å². The van der Waals surface area contributed by atoms with Crippen LogP contribution in [-0.4, -0.2) is 88.6 Å². The quantitative estimate of drug-likeness (QED) is 0.117. The number of hydrogen-bond acceptors (Lipinski definition) is 8. The van der Waals surface area contributed by atoms with Crippen molar-refractivity contribution in [3.63, 3.8) is 0 Å². The Kier molecular flexibility index (Phi) is 18.9. The summed E-state index contributed by atoms with van der Waals surface area (Å²) in [5, 5.41) is 9.81. The molecule has 2 fully saturated rings. The first-order valence-electron chi connectivity index (χ1n) is 21.2. The van der Waals surface area contributed by atoms with Crippen LogP contribution >= 0.6 is 0 Å². The second-order valence-electron chi connectivity index (χ2n) is 15.7. The van der Waals surface area contributed by atoms with Gasteiger partial charge in [-0.15, -0.1) is 0 Å². The number of nitrogens with zero attached hydrogens (tertiary/aromatic N) is 2. The van der Waals surface area contributed by atoms with Crippen molar-refractivity contribution in [2.75, 3.05) is 20.2 Å². The number of likely N-dealkylation sites (tertiary alicyclic amines) is 2. The van der Waals surface area contributed by atoms with E-state index in [0.29, 0.717) is 26.2 Å². The number of esters is 1. The second kappa shape index (κ2) is 24.7. The van der Waals surface area contributed by atoms with Crippen LogP contribution in [-0.2, 0) is 46.6 Å². The molecule has 2 saturated heterocycles. The standard InChI is InChI=1S/C27H27NO4.C26H25NO4.Li.H2O/c1-31-27(30)24-17-23(32-19-20-11-5-2-6-12-20)18-28(24)26(29)25(21-13-7-3-8-14-21)22-15-9-4-10-16-22;28-25(24(20-12-6-2-7-13-20)21-14-8-3-9-15-21)27-17-22(16-23(27)26(29)30)31-18-19-10-4-1-5-11-19;;/h2-16,23-25H,17-19H2,1H3;1-15,22-24H,16-18H2,(H,29,30);;1H2/q;;+1;/p-1/t23-,24+;22-,23+;;/m11../s1. The van der Waals surface area contributed by atoms with E-state index in [9.17, 15) is 24.3 Å². The largest absolute Gasteiger partial charge is 1.00 e. The number of hydrogen-bond donors (Lipinski definition) is 1. The maximum atomic E-state index is 13.9. The molecule has 0 spiro atoms. The number of carbonyl (C=O) groups is 4. The molecule has 0 aromatic heterocycles. The minimum Gasteiger partial charge on any atom is -0.870 e. The third kappa shape index (κ3) is 12.9. The van der Waals surface area contributed by atoms with E-state index in [4.69, 9.17) is 14.2 Å². The van der Waals surface area contributed by atoms with Crippen LogP contribution in [0.2, 0.25) is 0 Å². The Bertz CT molecular complexity index is 2300. The van der Waals surface area contributed by atoms with Crippen LogP contribution in [0.5, 0.6) is 0 Å². The maximum absolute atomic E-state index is 13.9. The Morgan fingerprint density at radius 1 is 0.508 bits per heavy atom. The molecule has 2 heterocycles. The molecule has 2 N–H and O–H groups in total. The van der Waals surface area contributed by atoms with Crippen molar-refractivity contribution in [3.05, 3.63) is 215 Å². The van der Waals surface area contributed by atoms with Crippen LogP contribution in [0.3, 0.4) is 0 Å². The van der Waals surface area contributed by atoms with Crippen molar-refractivity contribution in [1.82, 2.24) is 9.80 Å². The minimum absolute atomic E-state index is 0. The molecular formula is C53H53LiN2O9. The van der Waals surface area contributed by atoms with Crippen molar-refractivity contribution in [3.8, 4) is 0 Å². The number of aliphatic carboxylic acids is 1. The van der Waals surface area contributed by atoms with Gasteiger partial charge in [0, 0.05) is 25.9 Å². The molecule has 6 aromatic rings. The number of benzene rings is 6. The van der Waals surface area contributed by atoms with E-state index in [-0.39, 0.29) is 61.3 Å². The summed E-state index contributed by atoms with van der Waals surface area (Å²) in [5.74, 6) is -2.81. The first-order chi connectivity index (χ1) is 30.8. The third-order valence-corrected chi connectivity index (χ3v) is 11.5. The molecule has 8 rings (SSSR count). The summed E-state index contributed by atoms with van der Waals surface area (Å²) in [6.07, 6.45) is 0.138. The zero-order chi connectivity index (χ0) is 44.0.